The summed E-state index contributed by atoms with van der Waals surface area (Å²) in [5.74, 6) is 0.00321. The van der Waals surface area contributed by atoms with Crippen molar-refractivity contribution in [1.82, 2.24) is 9.88 Å². The molecule has 0 radical (unpaired) electrons. The molecule has 1 atom stereocenters. The average molecular weight is 267 g/mol. The molecule has 1 aromatic rings. The number of nitrogens with zero attached hydrogens (tertiary/aromatic N) is 2. The number of Topliss-reactive ketones (excluding diaryl/α,β-unsaturated/α-hetero) is 1. The van der Waals surface area contributed by atoms with Gasteiger partial charge in [0.15, 0.2) is 5.78 Å². The lowest BCUT2D eigenvalue weighted by Gasteiger charge is -2.17. The fourth-order valence-corrected chi connectivity index (χ4v) is 2.98. The number of aromatic nitrogens is 1. The molecule has 1 aromatic heterocycles. The minimum atomic E-state index is -0.453. The van der Waals surface area contributed by atoms with Gasteiger partial charge in [0.2, 0.25) is 0 Å². The van der Waals surface area contributed by atoms with E-state index in [-0.39, 0.29) is 5.78 Å². The highest BCUT2D eigenvalue weighted by Gasteiger charge is 2.38. The molecule has 18 heavy (non-hydrogen) atoms. The number of nitrogens with one attached hydrogen (secondary N) is 1. The zero-order chi connectivity index (χ0) is 13.1. The minimum absolute atomic E-state index is 0.0757. The monoisotopic (exact) mass is 267 g/mol. The molecule has 1 unspecified atom stereocenters. The van der Waals surface area contributed by atoms with Crippen LogP contribution in [0.25, 0.3) is 0 Å². The van der Waals surface area contributed by atoms with Crippen LogP contribution in [-0.4, -0.2) is 48.3 Å². The number of rotatable bonds is 5. The van der Waals surface area contributed by atoms with Crippen LogP contribution < -0.4 is 0 Å². The molecule has 1 aliphatic heterocycles. The molecule has 1 saturated heterocycles. The largest absolute Gasteiger partial charge is 0.385 e. The quantitative estimate of drug-likeness (QED) is 0.820. The van der Waals surface area contributed by atoms with Gasteiger partial charge in [-0.2, -0.15) is 0 Å². The van der Waals surface area contributed by atoms with Gasteiger partial charge in [0.1, 0.15) is 16.8 Å². The molecule has 0 aliphatic carbocycles. The summed E-state index contributed by atoms with van der Waals surface area (Å²) in [6, 6.07) is 0. The standard InChI is InChI=1S/C12H17N3O2S/c1-8-7-18-12(14-8)10-9(16)6-15(11(10)13)4-3-5-17-2/h7,10,13H,3-6H2,1-2H3. The first kappa shape index (κ1) is 13.2. The first-order valence-corrected chi connectivity index (χ1v) is 6.78. The van der Waals surface area contributed by atoms with Crippen molar-refractivity contribution in [1.29, 1.82) is 5.41 Å². The maximum Gasteiger partial charge on any atom is 0.169 e. The minimum Gasteiger partial charge on any atom is -0.385 e. The zero-order valence-electron chi connectivity index (χ0n) is 10.6. The molecule has 2 rings (SSSR count). The Bertz CT molecular complexity index is 458. The molecule has 0 spiro atoms. The van der Waals surface area contributed by atoms with Gasteiger partial charge in [-0.15, -0.1) is 11.3 Å². The van der Waals surface area contributed by atoms with Gasteiger partial charge < -0.3 is 9.64 Å². The second-order valence-corrected chi connectivity index (χ2v) is 5.27. The number of carbonyl (C=O) groups is 1. The van der Waals surface area contributed by atoms with Crippen LogP contribution in [0.1, 0.15) is 23.0 Å². The van der Waals surface area contributed by atoms with E-state index in [1.807, 2.05) is 17.2 Å². The highest BCUT2D eigenvalue weighted by molar-refractivity contribution is 7.10. The number of methoxy groups -OCH3 is 1. The number of carbonyl (C=O) groups excluding carboxylic acids is 1. The lowest BCUT2D eigenvalue weighted by Crippen LogP contribution is -2.28. The van der Waals surface area contributed by atoms with E-state index in [9.17, 15) is 4.79 Å². The Kier molecular flexibility index (Phi) is 4.08. The van der Waals surface area contributed by atoms with Gasteiger partial charge in [0.05, 0.1) is 6.54 Å². The molecule has 0 saturated carbocycles. The summed E-state index contributed by atoms with van der Waals surface area (Å²) in [7, 11) is 1.65. The van der Waals surface area contributed by atoms with Crippen LogP contribution in [0.3, 0.4) is 0 Å². The van der Waals surface area contributed by atoms with Crippen molar-refractivity contribution >= 4 is 23.0 Å². The molecule has 2 heterocycles. The van der Waals surface area contributed by atoms with E-state index in [2.05, 4.69) is 4.98 Å². The Labute approximate surface area is 110 Å². The fraction of sp³-hybridized carbons (Fsp3) is 0.583. The molecule has 6 heteroatoms. The topological polar surface area (TPSA) is 66.3 Å². The molecular formula is C12H17N3O2S. The fourth-order valence-electron chi connectivity index (χ4n) is 2.06. The molecule has 0 aromatic carbocycles. The molecule has 1 N–H and O–H groups in total. The van der Waals surface area contributed by atoms with Crippen molar-refractivity contribution in [2.24, 2.45) is 0 Å². The maximum absolute atomic E-state index is 12.0. The van der Waals surface area contributed by atoms with E-state index in [1.54, 1.807) is 7.11 Å². The Hall–Kier alpha value is -1.27. The van der Waals surface area contributed by atoms with Gasteiger partial charge in [-0.25, -0.2) is 4.98 Å². The van der Waals surface area contributed by atoms with Crippen LogP contribution in [0, 0.1) is 12.3 Å². The van der Waals surface area contributed by atoms with Crippen LogP contribution in [0.15, 0.2) is 5.38 Å². The summed E-state index contributed by atoms with van der Waals surface area (Å²) in [5, 5.41) is 10.8. The van der Waals surface area contributed by atoms with E-state index in [0.29, 0.717) is 25.5 Å². The maximum atomic E-state index is 12.0. The van der Waals surface area contributed by atoms with Crippen LogP contribution in [0.5, 0.6) is 0 Å². The van der Waals surface area contributed by atoms with Gasteiger partial charge in [-0.05, 0) is 13.3 Å². The first-order valence-electron chi connectivity index (χ1n) is 5.90. The number of ether oxygens (including phenoxy) is 1. The van der Waals surface area contributed by atoms with Crippen LogP contribution >= 0.6 is 11.3 Å². The summed E-state index contributed by atoms with van der Waals surface area (Å²) < 4.78 is 4.99. The third-order valence-corrected chi connectivity index (χ3v) is 3.97. The Morgan fingerprint density at radius 3 is 3.06 bits per heavy atom. The second-order valence-electron chi connectivity index (χ2n) is 4.38. The highest BCUT2D eigenvalue weighted by Crippen LogP contribution is 2.28. The van der Waals surface area contributed by atoms with E-state index < -0.39 is 5.92 Å². The molecule has 0 amide bonds. The number of ketones is 1. The third-order valence-electron chi connectivity index (χ3n) is 2.94. The number of hydrogen-bond donors (Lipinski definition) is 1. The normalized spacial score (nSPS) is 19.9. The van der Waals surface area contributed by atoms with Crippen molar-refractivity contribution < 1.29 is 9.53 Å². The SMILES string of the molecule is COCCCN1CC(=O)C(c2nc(C)cs2)C1=N. The van der Waals surface area contributed by atoms with Crippen molar-refractivity contribution in [2.45, 2.75) is 19.3 Å². The van der Waals surface area contributed by atoms with Gasteiger partial charge in [-0.3, -0.25) is 10.2 Å². The second kappa shape index (κ2) is 5.58. The van der Waals surface area contributed by atoms with Crippen LogP contribution in [0.4, 0.5) is 0 Å². The van der Waals surface area contributed by atoms with Crippen LogP contribution in [0.2, 0.25) is 0 Å². The Morgan fingerprint density at radius 2 is 2.44 bits per heavy atom. The number of amidine groups is 1. The zero-order valence-corrected chi connectivity index (χ0v) is 11.4. The Morgan fingerprint density at radius 1 is 1.67 bits per heavy atom. The van der Waals surface area contributed by atoms with E-state index in [1.165, 1.54) is 11.3 Å². The van der Waals surface area contributed by atoms with E-state index in [4.69, 9.17) is 10.1 Å². The van der Waals surface area contributed by atoms with Crippen molar-refractivity contribution in [2.75, 3.05) is 26.8 Å². The molecule has 1 fully saturated rings. The van der Waals surface area contributed by atoms with E-state index in [0.717, 1.165) is 17.1 Å². The molecule has 98 valence electrons. The first-order chi connectivity index (χ1) is 8.63. The van der Waals surface area contributed by atoms with Crippen molar-refractivity contribution in [3.8, 4) is 0 Å². The summed E-state index contributed by atoms with van der Waals surface area (Å²) >= 11 is 1.46. The molecule has 5 nitrogen and oxygen atoms in total. The van der Waals surface area contributed by atoms with Crippen molar-refractivity contribution in [3.63, 3.8) is 0 Å². The molecule has 0 bridgehead atoms. The molecule has 1 aliphatic rings. The van der Waals surface area contributed by atoms with Crippen LogP contribution in [-0.2, 0) is 9.53 Å². The number of thiazole rings is 1. The lowest BCUT2D eigenvalue weighted by molar-refractivity contribution is -0.117. The number of hydrogen-bond acceptors (Lipinski definition) is 5. The molecular weight excluding hydrogens is 250 g/mol. The Balaban J connectivity index is 2.05. The lowest BCUT2D eigenvalue weighted by atomic mass is 10.1. The summed E-state index contributed by atoms with van der Waals surface area (Å²) in [6.45, 7) is 3.57. The average Bonchev–Trinajstić information content (AvgIpc) is 2.85. The summed E-state index contributed by atoms with van der Waals surface area (Å²) in [5.41, 5.74) is 0.911. The number of aryl methyl sites for hydroxylation is 1. The van der Waals surface area contributed by atoms with Gasteiger partial charge >= 0.3 is 0 Å². The van der Waals surface area contributed by atoms with Gasteiger partial charge in [-0.1, -0.05) is 0 Å². The smallest absolute Gasteiger partial charge is 0.169 e. The van der Waals surface area contributed by atoms with Gasteiger partial charge in [0, 0.05) is 31.3 Å². The third kappa shape index (κ3) is 2.59. The summed E-state index contributed by atoms with van der Waals surface area (Å²) in [6.07, 6.45) is 0.829. The van der Waals surface area contributed by atoms with Gasteiger partial charge in [0.25, 0.3) is 0 Å². The number of likely N-dealkylation sites (tertiary alicyclic amines) is 1. The predicted octanol–water partition coefficient (Wildman–Crippen LogP) is 1.43. The predicted molar refractivity (Wildman–Crippen MR) is 70.4 cm³/mol. The highest BCUT2D eigenvalue weighted by atomic mass is 32.1. The van der Waals surface area contributed by atoms with Crippen molar-refractivity contribution in [3.05, 3.63) is 16.1 Å². The van der Waals surface area contributed by atoms with E-state index >= 15 is 0 Å². The summed E-state index contributed by atoms with van der Waals surface area (Å²) in [4.78, 5) is 18.1.